The number of fused-ring (bicyclic) bond motifs is 2. The second kappa shape index (κ2) is 16.9. The summed E-state index contributed by atoms with van der Waals surface area (Å²) in [6.45, 7) is 14.9. The van der Waals surface area contributed by atoms with Crippen LogP contribution in [0.2, 0.25) is 0 Å². The van der Waals surface area contributed by atoms with Crippen LogP contribution >= 0.6 is 23.2 Å². The fourth-order valence-electron chi connectivity index (χ4n) is 5.20. The number of alkyl halides is 2. The van der Waals surface area contributed by atoms with Crippen LogP contribution in [0.5, 0.6) is 23.0 Å². The Morgan fingerprint density at radius 2 is 1.13 bits per heavy atom. The Kier molecular flexibility index (Phi) is 14.2. The Hall–Kier alpha value is -1.95. The van der Waals surface area contributed by atoms with Crippen LogP contribution in [0, 0.1) is 0 Å². The van der Waals surface area contributed by atoms with E-state index in [2.05, 4.69) is 48.5 Å². The van der Waals surface area contributed by atoms with Gasteiger partial charge in [-0.05, 0) is 63.8 Å². The van der Waals surface area contributed by atoms with Crippen LogP contribution in [0.15, 0.2) is 24.3 Å². The van der Waals surface area contributed by atoms with E-state index >= 15 is 0 Å². The van der Waals surface area contributed by atoms with Crippen LogP contribution in [0.1, 0.15) is 96.4 Å². The molecule has 0 atom stereocenters. The summed E-state index contributed by atoms with van der Waals surface area (Å²) in [6, 6.07) is 7.36. The van der Waals surface area contributed by atoms with E-state index in [1.165, 1.54) is 0 Å². The molecule has 1 aliphatic rings. The molecule has 1 N–H and O–H groups in total. The fraction of sp³-hybridized carbons (Fsp3) is 0.647. The lowest BCUT2D eigenvalue weighted by molar-refractivity contribution is -0.0111. The van der Waals surface area contributed by atoms with Crippen LogP contribution in [0.4, 0.5) is 0 Å². The first-order chi connectivity index (χ1) is 21.6. The van der Waals surface area contributed by atoms with Gasteiger partial charge in [-0.3, -0.25) is 4.55 Å². The molecule has 0 unspecified atom stereocenters. The van der Waals surface area contributed by atoms with Gasteiger partial charge in [0.2, 0.25) is 0 Å². The molecular weight excluding hydrogens is 655 g/mol. The number of hydrogen-bond acceptors (Lipinski definition) is 8. The van der Waals surface area contributed by atoms with Crippen LogP contribution < -0.4 is 18.9 Å². The zero-order valence-corrected chi connectivity index (χ0v) is 30.4. The van der Waals surface area contributed by atoms with Crippen molar-refractivity contribution in [3.63, 3.8) is 0 Å². The predicted octanol–water partition coefficient (Wildman–Crippen LogP) is 8.14. The first-order valence-electron chi connectivity index (χ1n) is 15.8. The maximum Gasteiger partial charge on any atom is 0.397 e. The minimum atomic E-state index is -4.84. The van der Waals surface area contributed by atoms with Gasteiger partial charge in [-0.1, -0.05) is 67.7 Å². The molecule has 1 heterocycles. The van der Waals surface area contributed by atoms with Crippen LogP contribution in [0.3, 0.4) is 0 Å². The first kappa shape index (κ1) is 38.5. The second-order valence-corrected chi connectivity index (χ2v) is 15.2. The second-order valence-electron chi connectivity index (χ2n) is 13.6. The lowest BCUT2D eigenvalue weighted by Crippen LogP contribution is -2.32. The van der Waals surface area contributed by atoms with Crippen molar-refractivity contribution in [3.05, 3.63) is 46.5 Å². The molecule has 12 heteroatoms. The average Bonchev–Trinajstić information content (AvgIpc) is 2.97. The van der Waals surface area contributed by atoms with Crippen LogP contribution in [-0.4, -0.2) is 58.2 Å². The standard InChI is InChI=1S/C34H50Cl2O9S/c1-8-9-10-11-12-40-25-19-41-31-15-27(33(2,3)4)23(17-35)13-29(31)43-21-26(45-46(37,38)39)22-44-30-14-24(18-36)28(34(5,6)7)16-32(30)42-20-25/h13-16,25-26H,8-12,17-22H2,1-7H3,(H,37,38,39). The Bertz CT molecular complexity index is 1300. The maximum atomic E-state index is 11.8. The lowest BCUT2D eigenvalue weighted by atomic mass is 9.84. The fourth-order valence-corrected chi connectivity index (χ4v) is 6.10. The number of halogens is 2. The molecule has 260 valence electrons. The molecule has 0 aliphatic carbocycles. The molecule has 2 aromatic carbocycles. The molecule has 2 aromatic rings. The number of rotatable bonds is 10. The van der Waals surface area contributed by atoms with Crippen LogP contribution in [0.25, 0.3) is 0 Å². The third kappa shape index (κ3) is 11.6. The summed E-state index contributed by atoms with van der Waals surface area (Å²) >= 11 is 12.7. The van der Waals surface area contributed by atoms with Crippen molar-refractivity contribution in [2.45, 2.75) is 109 Å². The van der Waals surface area contributed by atoms with Crippen molar-refractivity contribution >= 4 is 33.6 Å². The molecule has 0 aromatic heterocycles. The normalized spacial score (nSPS) is 18.2. The number of hydrogen-bond donors (Lipinski definition) is 1. The number of unbranched alkanes of at least 4 members (excludes halogenated alkanes) is 3. The summed E-state index contributed by atoms with van der Waals surface area (Å²) in [7, 11) is -4.84. The van der Waals surface area contributed by atoms with E-state index in [1.54, 1.807) is 12.1 Å². The summed E-state index contributed by atoms with van der Waals surface area (Å²) in [4.78, 5) is 0. The molecule has 46 heavy (non-hydrogen) atoms. The van der Waals surface area contributed by atoms with Crippen molar-refractivity contribution < 1.29 is 40.8 Å². The van der Waals surface area contributed by atoms with Crippen molar-refractivity contribution in [1.29, 1.82) is 0 Å². The monoisotopic (exact) mass is 704 g/mol. The minimum Gasteiger partial charge on any atom is -0.487 e. The molecule has 0 fully saturated rings. The average molecular weight is 706 g/mol. The van der Waals surface area contributed by atoms with E-state index in [0.29, 0.717) is 29.6 Å². The number of benzene rings is 2. The molecule has 0 radical (unpaired) electrons. The Morgan fingerprint density at radius 1 is 0.717 bits per heavy atom. The molecular formula is C34H50Cl2O9S. The first-order valence-corrected chi connectivity index (χ1v) is 18.2. The molecule has 0 bridgehead atoms. The molecule has 0 saturated carbocycles. The zero-order chi connectivity index (χ0) is 34.1. The van der Waals surface area contributed by atoms with E-state index in [0.717, 1.165) is 47.9 Å². The quantitative estimate of drug-likeness (QED) is 0.149. The van der Waals surface area contributed by atoms with Crippen molar-refractivity contribution in [3.8, 4) is 23.0 Å². The molecule has 0 amide bonds. The van der Waals surface area contributed by atoms with Gasteiger partial charge in [-0.15, -0.1) is 23.2 Å². The Labute approximate surface area is 285 Å². The van der Waals surface area contributed by atoms with Gasteiger partial charge in [0.1, 0.15) is 38.6 Å². The SMILES string of the molecule is CCCCCCOC1COc2cc(C(C)(C)C)c(CCl)cc2OCC(OS(=O)(=O)O)COc2cc(CCl)c(C(C)(C)C)cc2OC1. The Morgan fingerprint density at radius 3 is 1.50 bits per heavy atom. The maximum absolute atomic E-state index is 11.8. The van der Waals surface area contributed by atoms with Crippen LogP contribution in [-0.2, 0) is 41.9 Å². The summed E-state index contributed by atoms with van der Waals surface area (Å²) in [6.07, 6.45) is 2.59. The smallest absolute Gasteiger partial charge is 0.397 e. The minimum absolute atomic E-state index is 0.154. The summed E-state index contributed by atoms with van der Waals surface area (Å²) in [5.41, 5.74) is 3.14. The highest BCUT2D eigenvalue weighted by atomic mass is 35.5. The van der Waals surface area contributed by atoms with Crippen molar-refractivity contribution in [1.82, 2.24) is 0 Å². The Balaban J connectivity index is 2.07. The van der Waals surface area contributed by atoms with E-state index in [4.69, 9.17) is 51.1 Å². The molecule has 1 aliphatic heterocycles. The van der Waals surface area contributed by atoms with E-state index in [9.17, 15) is 13.0 Å². The van der Waals surface area contributed by atoms with Gasteiger partial charge in [0.25, 0.3) is 0 Å². The number of ether oxygens (including phenoxy) is 5. The predicted molar refractivity (Wildman–Crippen MR) is 182 cm³/mol. The molecule has 0 spiro atoms. The van der Waals surface area contributed by atoms with Gasteiger partial charge in [-0.2, -0.15) is 8.42 Å². The van der Waals surface area contributed by atoms with E-state index in [1.807, 2.05) is 12.1 Å². The largest absolute Gasteiger partial charge is 0.487 e. The highest BCUT2D eigenvalue weighted by molar-refractivity contribution is 7.80. The van der Waals surface area contributed by atoms with Gasteiger partial charge < -0.3 is 23.7 Å². The van der Waals surface area contributed by atoms with E-state index < -0.39 is 22.6 Å². The van der Waals surface area contributed by atoms with Crippen molar-refractivity contribution in [2.24, 2.45) is 0 Å². The van der Waals surface area contributed by atoms with Gasteiger partial charge in [0.05, 0.1) is 0 Å². The third-order valence-corrected chi connectivity index (χ3v) is 8.64. The highest BCUT2D eigenvalue weighted by Crippen LogP contribution is 2.39. The van der Waals surface area contributed by atoms with Gasteiger partial charge in [0, 0.05) is 18.4 Å². The topological polar surface area (TPSA) is 110 Å². The lowest BCUT2D eigenvalue weighted by Gasteiger charge is -2.28. The molecule has 0 saturated heterocycles. The highest BCUT2D eigenvalue weighted by Gasteiger charge is 2.27. The summed E-state index contributed by atoms with van der Waals surface area (Å²) < 4.78 is 69.3. The van der Waals surface area contributed by atoms with E-state index in [-0.39, 0.29) is 49.0 Å². The third-order valence-electron chi connectivity index (χ3n) is 7.55. The van der Waals surface area contributed by atoms with Gasteiger partial charge in [0.15, 0.2) is 23.0 Å². The molecule has 3 rings (SSSR count). The van der Waals surface area contributed by atoms with Gasteiger partial charge >= 0.3 is 10.4 Å². The van der Waals surface area contributed by atoms with Crippen molar-refractivity contribution in [2.75, 3.05) is 33.0 Å². The molecule has 9 nitrogen and oxygen atoms in total. The zero-order valence-electron chi connectivity index (χ0n) is 28.1. The summed E-state index contributed by atoms with van der Waals surface area (Å²) in [5, 5.41) is 0. The summed E-state index contributed by atoms with van der Waals surface area (Å²) in [5.74, 6) is 2.00. The van der Waals surface area contributed by atoms with Gasteiger partial charge in [-0.25, -0.2) is 4.18 Å².